The van der Waals surface area contributed by atoms with Gasteiger partial charge >= 0.3 is 5.97 Å². The topological polar surface area (TPSA) is 92.5 Å². The Kier molecular flexibility index (Phi) is 4.30. The number of carboxylic acid groups (broad SMARTS) is 1. The monoisotopic (exact) mass is 326 g/mol. The number of nitro groups is 1. The molecule has 0 bridgehead atoms. The number of nitro benzene ring substituents is 1. The van der Waals surface area contributed by atoms with Crippen molar-refractivity contribution in [1.29, 1.82) is 0 Å². The van der Waals surface area contributed by atoms with Gasteiger partial charge in [0.15, 0.2) is 0 Å². The van der Waals surface area contributed by atoms with E-state index in [0.717, 1.165) is 18.2 Å². The second-order valence-electron chi connectivity index (χ2n) is 4.04. The zero-order valence-electron chi connectivity index (χ0n) is 10.3. The summed E-state index contributed by atoms with van der Waals surface area (Å²) in [4.78, 5) is 21.3. The molecule has 2 N–H and O–H groups in total. The summed E-state index contributed by atoms with van der Waals surface area (Å²) in [5, 5.41) is 23.4. The van der Waals surface area contributed by atoms with Crippen LogP contribution >= 0.6 is 23.2 Å². The second-order valence-corrected chi connectivity index (χ2v) is 4.88. The van der Waals surface area contributed by atoms with Crippen molar-refractivity contribution in [3.63, 3.8) is 0 Å². The summed E-state index contributed by atoms with van der Waals surface area (Å²) < 4.78 is 0. The molecule has 0 radical (unpaired) electrons. The fourth-order valence-electron chi connectivity index (χ4n) is 1.67. The van der Waals surface area contributed by atoms with E-state index in [0.29, 0.717) is 10.7 Å². The zero-order chi connectivity index (χ0) is 15.6. The van der Waals surface area contributed by atoms with Crippen LogP contribution in [0.3, 0.4) is 0 Å². The largest absolute Gasteiger partial charge is 0.478 e. The third kappa shape index (κ3) is 3.42. The number of aromatic carboxylic acids is 1. The Hall–Kier alpha value is -2.31. The van der Waals surface area contributed by atoms with Crippen molar-refractivity contribution >= 4 is 46.2 Å². The van der Waals surface area contributed by atoms with E-state index in [9.17, 15) is 14.9 Å². The first-order chi connectivity index (χ1) is 9.88. The molecule has 0 heterocycles. The van der Waals surface area contributed by atoms with Gasteiger partial charge in [-0.15, -0.1) is 0 Å². The van der Waals surface area contributed by atoms with Crippen LogP contribution in [-0.2, 0) is 0 Å². The van der Waals surface area contributed by atoms with Crippen molar-refractivity contribution in [2.45, 2.75) is 0 Å². The average Bonchev–Trinajstić information content (AvgIpc) is 2.41. The highest BCUT2D eigenvalue weighted by Crippen LogP contribution is 2.31. The van der Waals surface area contributed by atoms with E-state index in [4.69, 9.17) is 28.3 Å². The lowest BCUT2D eigenvalue weighted by atomic mass is 10.1. The maximum atomic E-state index is 11.2. The highest BCUT2D eigenvalue weighted by Gasteiger charge is 2.16. The second kappa shape index (κ2) is 5.99. The van der Waals surface area contributed by atoms with Crippen LogP contribution < -0.4 is 5.32 Å². The van der Waals surface area contributed by atoms with E-state index in [-0.39, 0.29) is 22.0 Å². The van der Waals surface area contributed by atoms with Gasteiger partial charge < -0.3 is 10.4 Å². The van der Waals surface area contributed by atoms with Crippen LogP contribution in [0.2, 0.25) is 10.0 Å². The van der Waals surface area contributed by atoms with E-state index in [2.05, 4.69) is 5.32 Å². The first kappa shape index (κ1) is 15.1. The first-order valence-electron chi connectivity index (χ1n) is 5.62. The Bertz CT molecular complexity index is 734. The van der Waals surface area contributed by atoms with Gasteiger partial charge in [0.25, 0.3) is 5.69 Å². The summed E-state index contributed by atoms with van der Waals surface area (Å²) in [5.41, 5.74) is 0.129. The quantitative estimate of drug-likeness (QED) is 0.643. The Morgan fingerprint density at radius 1 is 1.14 bits per heavy atom. The number of rotatable bonds is 4. The van der Waals surface area contributed by atoms with Crippen molar-refractivity contribution < 1.29 is 14.8 Å². The minimum atomic E-state index is -1.21. The number of hydrogen-bond donors (Lipinski definition) is 2. The summed E-state index contributed by atoms with van der Waals surface area (Å²) in [5.74, 6) is -1.21. The number of nitrogens with one attached hydrogen (secondary N) is 1. The lowest BCUT2D eigenvalue weighted by molar-refractivity contribution is -0.384. The Morgan fingerprint density at radius 3 is 2.43 bits per heavy atom. The highest BCUT2D eigenvalue weighted by molar-refractivity contribution is 6.36. The number of nitrogens with zero attached hydrogens (tertiary/aromatic N) is 1. The smallest absolute Gasteiger partial charge is 0.337 e. The number of hydrogen-bond acceptors (Lipinski definition) is 4. The van der Waals surface area contributed by atoms with E-state index in [1.807, 2.05) is 0 Å². The number of halogens is 2. The van der Waals surface area contributed by atoms with Crippen LogP contribution in [0.15, 0.2) is 36.4 Å². The molecule has 2 aromatic carbocycles. The van der Waals surface area contributed by atoms with Gasteiger partial charge in [-0.25, -0.2) is 4.79 Å². The first-order valence-corrected chi connectivity index (χ1v) is 6.38. The molecule has 0 amide bonds. The highest BCUT2D eigenvalue weighted by atomic mass is 35.5. The normalized spacial score (nSPS) is 10.2. The lowest BCUT2D eigenvalue weighted by Crippen LogP contribution is -2.04. The molecular formula is C13H8Cl2N2O4. The van der Waals surface area contributed by atoms with Gasteiger partial charge in [0.05, 0.1) is 26.9 Å². The average molecular weight is 327 g/mol. The molecule has 0 spiro atoms. The molecule has 2 aromatic rings. The van der Waals surface area contributed by atoms with Crippen molar-refractivity contribution in [3.8, 4) is 0 Å². The van der Waals surface area contributed by atoms with E-state index in [1.165, 1.54) is 6.07 Å². The van der Waals surface area contributed by atoms with Crippen LogP contribution in [0.25, 0.3) is 0 Å². The van der Waals surface area contributed by atoms with E-state index in [1.54, 1.807) is 12.1 Å². The van der Waals surface area contributed by atoms with Crippen molar-refractivity contribution in [2.75, 3.05) is 5.32 Å². The maximum Gasteiger partial charge on any atom is 0.337 e. The molecule has 0 fully saturated rings. The number of benzene rings is 2. The van der Waals surface area contributed by atoms with Gasteiger partial charge in [-0.05, 0) is 24.3 Å². The van der Waals surface area contributed by atoms with Gasteiger partial charge in [-0.1, -0.05) is 23.2 Å². The molecule has 8 heteroatoms. The number of carboxylic acids is 1. The number of carbonyl (C=O) groups is 1. The Balaban J connectivity index is 2.48. The summed E-state index contributed by atoms with van der Waals surface area (Å²) >= 11 is 11.8. The Morgan fingerprint density at radius 2 is 1.86 bits per heavy atom. The summed E-state index contributed by atoms with van der Waals surface area (Å²) in [6.45, 7) is 0. The third-order valence-corrected chi connectivity index (χ3v) is 3.19. The van der Waals surface area contributed by atoms with Gasteiger partial charge in [0.2, 0.25) is 0 Å². The molecule has 0 atom stereocenters. The van der Waals surface area contributed by atoms with E-state index >= 15 is 0 Å². The predicted molar refractivity (Wildman–Crippen MR) is 79.8 cm³/mol. The maximum absolute atomic E-state index is 11.2. The minimum Gasteiger partial charge on any atom is -0.478 e. The SMILES string of the molecule is O=C(O)c1ccc([N+](=O)[O-])cc1Nc1ccc(Cl)cc1Cl. The van der Waals surface area contributed by atoms with Gasteiger partial charge in [0.1, 0.15) is 0 Å². The van der Waals surface area contributed by atoms with Crippen molar-refractivity contribution in [1.82, 2.24) is 0 Å². The van der Waals surface area contributed by atoms with Crippen molar-refractivity contribution in [3.05, 3.63) is 62.1 Å². The van der Waals surface area contributed by atoms with Crippen LogP contribution in [0.5, 0.6) is 0 Å². The molecule has 0 aliphatic rings. The fraction of sp³-hybridized carbons (Fsp3) is 0. The van der Waals surface area contributed by atoms with Gasteiger partial charge in [-0.2, -0.15) is 0 Å². The number of non-ortho nitro benzene ring substituents is 1. The molecule has 0 saturated heterocycles. The summed E-state index contributed by atoms with van der Waals surface area (Å²) in [7, 11) is 0. The molecule has 2 rings (SSSR count). The standard InChI is InChI=1S/C13H8Cl2N2O4/c14-7-1-4-11(10(15)5-7)16-12-6-8(17(20)21)2-3-9(12)13(18)19/h1-6,16H,(H,18,19). The third-order valence-electron chi connectivity index (χ3n) is 2.64. The van der Waals surface area contributed by atoms with Crippen LogP contribution in [0, 0.1) is 10.1 Å². The molecule has 0 aromatic heterocycles. The molecule has 21 heavy (non-hydrogen) atoms. The fourth-order valence-corrected chi connectivity index (χ4v) is 2.13. The van der Waals surface area contributed by atoms with Crippen LogP contribution in [0.4, 0.5) is 17.1 Å². The predicted octanol–water partition coefficient (Wildman–Crippen LogP) is 4.34. The molecule has 6 nitrogen and oxygen atoms in total. The molecule has 0 saturated carbocycles. The van der Waals surface area contributed by atoms with Gasteiger partial charge in [0, 0.05) is 17.2 Å². The molecule has 0 unspecified atom stereocenters. The summed E-state index contributed by atoms with van der Waals surface area (Å²) in [6, 6.07) is 8.01. The van der Waals surface area contributed by atoms with Crippen LogP contribution in [0.1, 0.15) is 10.4 Å². The number of anilines is 2. The molecule has 0 aliphatic heterocycles. The van der Waals surface area contributed by atoms with Crippen molar-refractivity contribution in [2.24, 2.45) is 0 Å². The van der Waals surface area contributed by atoms with E-state index < -0.39 is 10.9 Å². The molecular weight excluding hydrogens is 319 g/mol. The molecule has 0 aliphatic carbocycles. The van der Waals surface area contributed by atoms with Crippen LogP contribution in [-0.4, -0.2) is 16.0 Å². The lowest BCUT2D eigenvalue weighted by Gasteiger charge is -2.11. The molecule has 108 valence electrons. The Labute approximate surface area is 129 Å². The zero-order valence-corrected chi connectivity index (χ0v) is 11.9. The minimum absolute atomic E-state index is 0.0703. The summed E-state index contributed by atoms with van der Waals surface area (Å²) in [6.07, 6.45) is 0. The van der Waals surface area contributed by atoms with Gasteiger partial charge in [-0.3, -0.25) is 10.1 Å².